The number of aryl methyl sites for hydroxylation is 2. The van der Waals surface area contributed by atoms with E-state index in [1.807, 2.05) is 22.6 Å². The highest BCUT2D eigenvalue weighted by Gasteiger charge is 2.25. The van der Waals surface area contributed by atoms with E-state index in [2.05, 4.69) is 55.5 Å². The van der Waals surface area contributed by atoms with Crippen molar-refractivity contribution in [3.63, 3.8) is 0 Å². The van der Waals surface area contributed by atoms with E-state index >= 15 is 0 Å². The van der Waals surface area contributed by atoms with Gasteiger partial charge in [-0.05, 0) is 88.8 Å². The molecule has 0 saturated carbocycles. The Morgan fingerprint density at radius 3 is 1.64 bits per heavy atom. The molecule has 14 nitrogen and oxygen atoms in total. The van der Waals surface area contributed by atoms with E-state index < -0.39 is 20.0 Å². The fourth-order valence-electron chi connectivity index (χ4n) is 3.55. The lowest BCUT2D eigenvalue weighted by Crippen LogP contribution is -2.16. The average Bonchev–Trinajstić information content (AvgIpc) is 3.61. The van der Waals surface area contributed by atoms with Crippen LogP contribution < -0.4 is 9.44 Å². The van der Waals surface area contributed by atoms with Crippen molar-refractivity contribution in [3.8, 4) is 0 Å². The molecule has 0 atom stereocenters. The molecule has 0 radical (unpaired) electrons. The second-order valence-electron chi connectivity index (χ2n) is 8.79. The number of aromatic nitrogens is 8. The van der Waals surface area contributed by atoms with Crippen LogP contribution >= 0.6 is 61.7 Å². The van der Waals surface area contributed by atoms with Gasteiger partial charge in [0.1, 0.15) is 0 Å². The number of benzene rings is 2. The predicted molar refractivity (Wildman–Crippen MR) is 176 cm³/mol. The molecule has 0 aliphatic heterocycles. The number of fused-ring (bicyclic) bond motifs is 2. The molecule has 20 heteroatoms. The summed E-state index contributed by atoms with van der Waals surface area (Å²) in [5.74, 6) is 0.424. The molecule has 44 heavy (non-hydrogen) atoms. The molecule has 0 saturated heterocycles. The number of sulfonamides is 2. The van der Waals surface area contributed by atoms with Crippen LogP contribution in [0.15, 0.2) is 75.7 Å². The number of para-hydroxylation sites is 2. The molecule has 4 heterocycles. The van der Waals surface area contributed by atoms with Crippen LogP contribution in [0.5, 0.6) is 0 Å². The van der Waals surface area contributed by atoms with Crippen molar-refractivity contribution in [1.29, 1.82) is 0 Å². The molecule has 6 rings (SSSR count). The highest BCUT2D eigenvalue weighted by Crippen LogP contribution is 2.32. The third-order valence-electron chi connectivity index (χ3n) is 5.70. The van der Waals surface area contributed by atoms with Crippen molar-refractivity contribution in [2.24, 2.45) is 0 Å². The monoisotopic (exact) mass is 850 g/mol. The van der Waals surface area contributed by atoms with Crippen molar-refractivity contribution >= 4 is 105 Å². The van der Waals surface area contributed by atoms with Gasteiger partial charge in [0.25, 0.3) is 41.9 Å². The number of nitrogens with zero attached hydrogens (tertiary/aromatic N) is 8. The molecule has 0 spiro atoms. The highest BCUT2D eigenvalue weighted by molar-refractivity contribution is 14.1. The van der Waals surface area contributed by atoms with Gasteiger partial charge in [-0.25, -0.2) is 19.0 Å². The normalized spacial score (nSPS) is 11.8. The Balaban J connectivity index is 0.000000175. The van der Waals surface area contributed by atoms with Gasteiger partial charge in [-0.2, -0.15) is 26.8 Å². The van der Waals surface area contributed by atoms with E-state index in [4.69, 9.17) is 23.2 Å². The van der Waals surface area contributed by atoms with Crippen LogP contribution in [-0.2, 0) is 20.0 Å². The molecule has 0 bridgehead atoms. The topological polar surface area (TPSA) is 178 Å². The maximum atomic E-state index is 12.4. The van der Waals surface area contributed by atoms with Crippen molar-refractivity contribution in [3.05, 3.63) is 90.4 Å². The summed E-state index contributed by atoms with van der Waals surface area (Å²) >= 11 is 17.3. The minimum absolute atomic E-state index is 0.207. The number of anilines is 2. The number of rotatable bonds is 6. The van der Waals surface area contributed by atoms with E-state index in [1.54, 1.807) is 68.6 Å². The number of hydrogen-bond donors (Lipinski definition) is 2. The molecule has 6 aromatic rings. The summed E-state index contributed by atoms with van der Waals surface area (Å²) in [6.45, 7) is 3.56. The zero-order valence-electron chi connectivity index (χ0n) is 22.3. The number of halogens is 4. The maximum absolute atomic E-state index is 12.4. The van der Waals surface area contributed by atoms with Crippen LogP contribution in [0.2, 0.25) is 10.0 Å². The molecule has 2 N–H and O–H groups in total. The average molecular weight is 852 g/mol. The second-order valence-corrected chi connectivity index (χ2v) is 14.8. The smallest absolute Gasteiger partial charge is 0.274 e. The molecule has 2 aromatic carbocycles. The second kappa shape index (κ2) is 12.7. The maximum Gasteiger partial charge on any atom is 0.299 e. The minimum atomic E-state index is -3.98. The van der Waals surface area contributed by atoms with Crippen LogP contribution in [0, 0.1) is 17.4 Å². The first-order valence-corrected chi connectivity index (χ1v) is 17.7. The van der Waals surface area contributed by atoms with Gasteiger partial charge < -0.3 is 0 Å². The summed E-state index contributed by atoms with van der Waals surface area (Å²) in [5, 5.41) is 7.79. The van der Waals surface area contributed by atoms with E-state index in [1.165, 1.54) is 15.2 Å². The number of hydrogen-bond acceptors (Lipinski definition) is 10. The summed E-state index contributed by atoms with van der Waals surface area (Å²) in [4.78, 5) is 15.8. The SMILES string of the molecule is Cc1ccnc2nc(S(=O)(=O)Nc3c(Cl)cccc3Br)nn12.Cc1ccnc2nc(S(=O)(=O)Nc3c(Cl)cccc3I)nn12. The van der Waals surface area contributed by atoms with E-state index in [9.17, 15) is 16.8 Å². The Hall–Kier alpha value is -3.17. The van der Waals surface area contributed by atoms with E-state index in [-0.39, 0.29) is 32.6 Å². The van der Waals surface area contributed by atoms with Gasteiger partial charge in [-0.3, -0.25) is 9.44 Å². The van der Waals surface area contributed by atoms with Crippen molar-refractivity contribution < 1.29 is 16.8 Å². The van der Waals surface area contributed by atoms with Gasteiger partial charge in [-0.1, -0.05) is 35.3 Å². The standard InChI is InChI=1S/C12H9BrClN5O2S.C12H9ClIN5O2S/c2*1-7-5-6-15-11-16-12(17-19(7)11)22(20,21)18-10-8(13)3-2-4-9(10)14/h2*2-6,18H,1H3. The molecule has 4 aromatic heterocycles. The van der Waals surface area contributed by atoms with Gasteiger partial charge >= 0.3 is 0 Å². The molecular formula is C24H18BrCl2IN10O4S2. The largest absolute Gasteiger partial charge is 0.299 e. The molecule has 0 fully saturated rings. The first kappa shape index (κ1) is 32.2. The Morgan fingerprint density at radius 1 is 0.727 bits per heavy atom. The van der Waals surface area contributed by atoms with Crippen LogP contribution in [0.25, 0.3) is 11.6 Å². The fourth-order valence-corrected chi connectivity index (χ4v) is 7.74. The van der Waals surface area contributed by atoms with Gasteiger partial charge in [0, 0.05) is 31.8 Å². The Kier molecular flexibility index (Phi) is 9.29. The van der Waals surface area contributed by atoms with Crippen LogP contribution in [-0.4, -0.2) is 56.0 Å². The quantitative estimate of drug-likeness (QED) is 0.213. The van der Waals surface area contributed by atoms with E-state index in [0.717, 1.165) is 11.4 Å². The Morgan fingerprint density at radius 2 is 1.18 bits per heavy atom. The molecule has 228 valence electrons. The Labute approximate surface area is 282 Å². The molecule has 0 amide bonds. The summed E-state index contributed by atoms with van der Waals surface area (Å²) in [6.07, 6.45) is 3.08. The summed E-state index contributed by atoms with van der Waals surface area (Å²) in [6, 6.07) is 13.4. The van der Waals surface area contributed by atoms with Gasteiger partial charge in [-0.15, -0.1) is 10.2 Å². The highest BCUT2D eigenvalue weighted by atomic mass is 127. The lowest BCUT2D eigenvalue weighted by molar-refractivity contribution is 0.590. The molecule has 0 unspecified atom stereocenters. The first-order valence-electron chi connectivity index (χ1n) is 12.1. The van der Waals surface area contributed by atoms with E-state index in [0.29, 0.717) is 18.8 Å². The lowest BCUT2D eigenvalue weighted by atomic mass is 10.3. The van der Waals surface area contributed by atoms with Crippen molar-refractivity contribution in [2.75, 3.05) is 9.44 Å². The zero-order valence-corrected chi connectivity index (χ0v) is 29.2. The van der Waals surface area contributed by atoms with Crippen LogP contribution in [0.4, 0.5) is 11.4 Å². The molecule has 0 aliphatic rings. The number of nitrogens with one attached hydrogen (secondary N) is 2. The van der Waals surface area contributed by atoms with Gasteiger partial charge in [0.05, 0.1) is 21.4 Å². The lowest BCUT2D eigenvalue weighted by Gasteiger charge is -2.08. The van der Waals surface area contributed by atoms with Gasteiger partial charge in [0.15, 0.2) is 0 Å². The minimum Gasteiger partial charge on any atom is -0.274 e. The fraction of sp³-hybridized carbons (Fsp3) is 0.0833. The Bertz CT molecular complexity index is 2070. The van der Waals surface area contributed by atoms with Crippen LogP contribution in [0.1, 0.15) is 11.4 Å². The summed E-state index contributed by atoms with van der Waals surface area (Å²) in [7, 11) is -7.94. The third-order valence-corrected chi connectivity index (χ3v) is 10.1. The zero-order chi connectivity index (χ0) is 31.8. The summed E-state index contributed by atoms with van der Waals surface area (Å²) < 4.78 is 58.5. The van der Waals surface area contributed by atoms with Crippen molar-refractivity contribution in [1.82, 2.24) is 39.2 Å². The molecular weight excluding hydrogens is 834 g/mol. The third kappa shape index (κ3) is 6.74. The van der Waals surface area contributed by atoms with Crippen LogP contribution in [0.3, 0.4) is 0 Å². The molecule has 0 aliphatic carbocycles. The first-order chi connectivity index (χ1) is 20.8. The van der Waals surface area contributed by atoms with Gasteiger partial charge in [0.2, 0.25) is 0 Å². The van der Waals surface area contributed by atoms with Crippen molar-refractivity contribution in [2.45, 2.75) is 24.2 Å². The summed E-state index contributed by atoms with van der Waals surface area (Å²) in [5.41, 5.74) is 1.98. The predicted octanol–water partition coefficient (Wildman–Crippen LogP) is 5.14.